The predicted octanol–water partition coefficient (Wildman–Crippen LogP) is 5.48. The van der Waals surface area contributed by atoms with Gasteiger partial charge in [-0.3, -0.25) is 15.0 Å². The summed E-state index contributed by atoms with van der Waals surface area (Å²) < 4.78 is 6.32. The molecule has 1 aliphatic heterocycles. The lowest BCUT2D eigenvalue weighted by molar-refractivity contribution is -0.141. The van der Waals surface area contributed by atoms with Crippen LogP contribution in [0.15, 0.2) is 40.9 Å². The van der Waals surface area contributed by atoms with E-state index in [1.165, 1.54) is 28.9 Å². The Morgan fingerprint density at radius 3 is 2.57 bits per heavy atom. The summed E-state index contributed by atoms with van der Waals surface area (Å²) in [7, 11) is 0. The zero-order valence-electron chi connectivity index (χ0n) is 14.4. The molecule has 0 aliphatic carbocycles. The Hall–Kier alpha value is -1.12. The van der Waals surface area contributed by atoms with E-state index in [0.29, 0.717) is 5.02 Å². The highest BCUT2D eigenvalue weighted by atomic mass is 79.9. The van der Waals surface area contributed by atoms with Crippen molar-refractivity contribution in [2.24, 2.45) is 0 Å². The van der Waals surface area contributed by atoms with E-state index in [4.69, 9.17) is 39.5 Å². The number of ether oxygens (including phenoxy) is 1. The van der Waals surface area contributed by atoms with Gasteiger partial charge in [-0.15, -0.1) is 11.8 Å². The number of hydrogen-bond acceptors (Lipinski definition) is 4. The molecule has 0 bridgehead atoms. The first-order valence-electron chi connectivity index (χ1n) is 8.07. The number of hydrogen-bond donors (Lipinski definition) is 1. The van der Waals surface area contributed by atoms with Crippen LogP contribution in [-0.4, -0.2) is 28.7 Å². The maximum atomic E-state index is 12.5. The third-order valence-electron chi connectivity index (χ3n) is 3.84. The molecule has 0 spiro atoms. The Morgan fingerprint density at radius 1 is 1.25 bits per heavy atom. The summed E-state index contributed by atoms with van der Waals surface area (Å²) in [5.74, 6) is -0.544. The van der Waals surface area contributed by atoms with Crippen LogP contribution in [0.25, 0.3) is 0 Å². The number of benzene rings is 2. The first kappa shape index (κ1) is 21.6. The fourth-order valence-corrected chi connectivity index (χ4v) is 5.14. The number of nitrogens with one attached hydrogen (secondary N) is 1. The largest absolute Gasteiger partial charge is 0.481 e. The van der Waals surface area contributed by atoms with E-state index < -0.39 is 5.91 Å². The fourth-order valence-electron chi connectivity index (χ4n) is 2.60. The lowest BCUT2D eigenvalue weighted by atomic mass is 10.2. The Morgan fingerprint density at radius 2 is 1.93 bits per heavy atom. The average molecular weight is 525 g/mol. The minimum Gasteiger partial charge on any atom is -0.481 e. The highest BCUT2D eigenvalue weighted by Gasteiger charge is 2.39. The van der Waals surface area contributed by atoms with Gasteiger partial charge in [-0.1, -0.05) is 62.9 Å². The maximum Gasteiger partial charge on any atom is 0.276 e. The van der Waals surface area contributed by atoms with Crippen molar-refractivity contribution in [1.82, 2.24) is 10.4 Å². The van der Waals surface area contributed by atoms with E-state index >= 15 is 0 Å². The Labute approximate surface area is 189 Å². The molecule has 10 heteroatoms. The Balaban J connectivity index is 1.70. The van der Waals surface area contributed by atoms with Crippen molar-refractivity contribution in [3.63, 3.8) is 0 Å². The molecule has 0 aromatic heterocycles. The van der Waals surface area contributed by atoms with Gasteiger partial charge in [0.25, 0.3) is 11.8 Å². The van der Waals surface area contributed by atoms with Crippen molar-refractivity contribution in [3.05, 3.63) is 61.5 Å². The molecule has 2 atom stereocenters. The zero-order chi connectivity index (χ0) is 20.4. The van der Waals surface area contributed by atoms with E-state index in [1.807, 2.05) is 24.3 Å². The minimum atomic E-state index is -0.509. The summed E-state index contributed by atoms with van der Waals surface area (Å²) in [6.45, 7) is 1.43. The number of carbonyl (C=O) groups is 2. The third-order valence-corrected chi connectivity index (χ3v) is 6.47. The molecule has 5 nitrogen and oxygen atoms in total. The van der Waals surface area contributed by atoms with Crippen molar-refractivity contribution in [3.8, 4) is 5.75 Å². The number of thioether (sulfide) groups is 1. The van der Waals surface area contributed by atoms with Crippen LogP contribution in [0.2, 0.25) is 15.1 Å². The van der Waals surface area contributed by atoms with E-state index in [9.17, 15) is 9.59 Å². The van der Waals surface area contributed by atoms with Crippen LogP contribution >= 0.6 is 62.5 Å². The van der Waals surface area contributed by atoms with Gasteiger partial charge in [-0.25, -0.2) is 5.01 Å². The SMILES string of the molecule is CC1SC(c2cccc(Br)c2)N(NC(=O)COc2c(Cl)cc(Cl)cc2Cl)C1=O. The van der Waals surface area contributed by atoms with E-state index in [0.717, 1.165) is 10.0 Å². The van der Waals surface area contributed by atoms with Crippen LogP contribution < -0.4 is 10.2 Å². The molecule has 28 heavy (non-hydrogen) atoms. The number of hydrazine groups is 1. The number of carbonyl (C=O) groups excluding carboxylic acids is 2. The molecule has 148 valence electrons. The van der Waals surface area contributed by atoms with Gasteiger partial charge in [0.05, 0.1) is 15.3 Å². The first-order chi connectivity index (χ1) is 13.3. The topological polar surface area (TPSA) is 58.6 Å². The van der Waals surface area contributed by atoms with Gasteiger partial charge in [0.2, 0.25) is 0 Å². The Bertz CT molecular complexity index is 908. The zero-order valence-corrected chi connectivity index (χ0v) is 19.1. The van der Waals surface area contributed by atoms with Gasteiger partial charge in [0, 0.05) is 9.50 Å². The van der Waals surface area contributed by atoms with Crippen LogP contribution in [-0.2, 0) is 9.59 Å². The highest BCUT2D eigenvalue weighted by Crippen LogP contribution is 2.42. The van der Waals surface area contributed by atoms with Crippen molar-refractivity contribution in [2.75, 3.05) is 6.61 Å². The van der Waals surface area contributed by atoms with Gasteiger partial charge in [0.15, 0.2) is 12.4 Å². The first-order valence-corrected chi connectivity index (χ1v) is 10.9. The number of halogens is 4. The molecule has 2 amide bonds. The van der Waals surface area contributed by atoms with Gasteiger partial charge in [-0.05, 0) is 36.8 Å². The van der Waals surface area contributed by atoms with Crippen LogP contribution in [0.1, 0.15) is 17.9 Å². The number of amides is 2. The fraction of sp³-hybridized carbons (Fsp3) is 0.222. The molecule has 0 radical (unpaired) electrons. The van der Waals surface area contributed by atoms with Crippen LogP contribution in [0.5, 0.6) is 5.75 Å². The normalized spacial score (nSPS) is 19.0. The van der Waals surface area contributed by atoms with Crippen molar-refractivity contribution >= 4 is 74.3 Å². The van der Waals surface area contributed by atoms with Crippen LogP contribution in [0.4, 0.5) is 0 Å². The molecule has 3 rings (SSSR count). The lowest BCUT2D eigenvalue weighted by Crippen LogP contribution is -2.47. The van der Waals surface area contributed by atoms with Crippen molar-refractivity contribution < 1.29 is 14.3 Å². The molecule has 1 aliphatic rings. The van der Waals surface area contributed by atoms with Gasteiger partial charge >= 0.3 is 0 Å². The van der Waals surface area contributed by atoms with E-state index in [1.54, 1.807) is 6.92 Å². The van der Waals surface area contributed by atoms with Crippen LogP contribution in [0, 0.1) is 0 Å². The minimum absolute atomic E-state index is 0.155. The summed E-state index contributed by atoms with van der Waals surface area (Å²) >= 11 is 22.8. The summed E-state index contributed by atoms with van der Waals surface area (Å²) in [6, 6.07) is 10.5. The molecule has 0 saturated carbocycles. The molecule has 2 aromatic rings. The van der Waals surface area contributed by atoms with Crippen molar-refractivity contribution in [1.29, 1.82) is 0 Å². The number of nitrogens with zero attached hydrogens (tertiary/aromatic N) is 1. The summed E-state index contributed by atoms with van der Waals surface area (Å²) in [5.41, 5.74) is 3.51. The second kappa shape index (κ2) is 9.13. The molecule has 2 unspecified atom stereocenters. The monoisotopic (exact) mass is 522 g/mol. The molecule has 1 saturated heterocycles. The molecule has 2 aromatic carbocycles. The average Bonchev–Trinajstić information content (AvgIpc) is 2.89. The van der Waals surface area contributed by atoms with Gasteiger partial charge < -0.3 is 4.74 Å². The van der Waals surface area contributed by atoms with Gasteiger partial charge in [0.1, 0.15) is 5.37 Å². The summed E-state index contributed by atoms with van der Waals surface area (Å²) in [5, 5.41) is 1.44. The quantitative estimate of drug-likeness (QED) is 0.563. The second-order valence-electron chi connectivity index (χ2n) is 5.92. The molecule has 1 N–H and O–H groups in total. The molecular formula is C18H14BrCl3N2O3S. The van der Waals surface area contributed by atoms with E-state index in [2.05, 4.69) is 21.4 Å². The highest BCUT2D eigenvalue weighted by molar-refractivity contribution is 9.10. The van der Waals surface area contributed by atoms with Crippen molar-refractivity contribution in [2.45, 2.75) is 17.5 Å². The molecule has 1 heterocycles. The van der Waals surface area contributed by atoms with E-state index in [-0.39, 0.29) is 38.9 Å². The summed E-state index contributed by atoms with van der Waals surface area (Å²) in [4.78, 5) is 24.9. The number of rotatable bonds is 5. The van der Waals surface area contributed by atoms with Gasteiger partial charge in [-0.2, -0.15) is 0 Å². The molecule has 1 fully saturated rings. The second-order valence-corrected chi connectivity index (χ2v) is 9.51. The van der Waals surface area contributed by atoms with Crippen LogP contribution in [0.3, 0.4) is 0 Å². The predicted molar refractivity (Wildman–Crippen MR) is 116 cm³/mol. The maximum absolute atomic E-state index is 12.5. The Kier molecular flexibility index (Phi) is 7.04. The third kappa shape index (κ3) is 4.89. The molecular weight excluding hydrogens is 511 g/mol. The standard InChI is InChI=1S/C18H14BrCl3N2O3S/c1-9-17(26)24(18(28-9)10-3-2-4-11(19)5-10)23-15(25)8-27-16-13(21)6-12(20)7-14(16)22/h2-7,9,18H,8H2,1H3,(H,23,25). The lowest BCUT2D eigenvalue weighted by Gasteiger charge is -2.24. The smallest absolute Gasteiger partial charge is 0.276 e. The summed E-state index contributed by atoms with van der Waals surface area (Å²) in [6.07, 6.45) is 0.